The maximum Gasteiger partial charge on any atom is 0.223 e. The van der Waals surface area contributed by atoms with Crippen LogP contribution < -0.4 is 0 Å². The van der Waals surface area contributed by atoms with Crippen LogP contribution in [-0.4, -0.2) is 29.3 Å². The zero-order valence-electron chi connectivity index (χ0n) is 9.84. The predicted octanol–water partition coefficient (Wildman–Crippen LogP) is 3.04. The van der Waals surface area contributed by atoms with Gasteiger partial charge in [-0.15, -0.1) is 11.6 Å². The van der Waals surface area contributed by atoms with Crippen LogP contribution in [0.25, 0.3) is 0 Å². The summed E-state index contributed by atoms with van der Waals surface area (Å²) in [7, 11) is 0. The molecule has 2 nitrogen and oxygen atoms in total. The Morgan fingerprint density at radius 3 is 2.40 bits per heavy atom. The summed E-state index contributed by atoms with van der Waals surface area (Å²) in [6, 6.07) is 0.384. The molecule has 0 aromatic heterocycles. The molecule has 0 saturated heterocycles. The first-order chi connectivity index (χ1) is 7.22. The summed E-state index contributed by atoms with van der Waals surface area (Å²) in [5.41, 5.74) is 0. The molecule has 0 bridgehead atoms. The molecule has 0 radical (unpaired) electrons. The first-order valence-electron chi connectivity index (χ1n) is 6.08. The molecule has 0 heterocycles. The fourth-order valence-electron chi connectivity index (χ4n) is 2.02. The van der Waals surface area contributed by atoms with Crippen molar-refractivity contribution in [3.05, 3.63) is 0 Å². The number of hydrogen-bond acceptors (Lipinski definition) is 1. The third kappa shape index (κ3) is 4.02. The van der Waals surface area contributed by atoms with Gasteiger partial charge in [-0.05, 0) is 31.6 Å². The quantitative estimate of drug-likeness (QED) is 0.617. The number of amides is 1. The Morgan fingerprint density at radius 1 is 1.40 bits per heavy atom. The molecule has 1 rings (SSSR count). The summed E-state index contributed by atoms with van der Waals surface area (Å²) in [5.74, 6) is 1.53. The Kier molecular flexibility index (Phi) is 5.44. The maximum atomic E-state index is 12.0. The van der Waals surface area contributed by atoms with Crippen LogP contribution in [0.4, 0.5) is 0 Å². The van der Waals surface area contributed by atoms with Gasteiger partial charge in [0.2, 0.25) is 5.91 Å². The number of carbonyl (C=O) groups is 1. The van der Waals surface area contributed by atoms with Crippen molar-refractivity contribution in [2.45, 2.75) is 52.0 Å². The number of halogens is 1. The van der Waals surface area contributed by atoms with E-state index in [1.807, 2.05) is 4.90 Å². The lowest BCUT2D eigenvalue weighted by atomic mass is 10.1. The minimum absolute atomic E-state index is 0.312. The Balaban J connectivity index is 2.48. The smallest absolute Gasteiger partial charge is 0.223 e. The standard InChI is InChI=1S/C12H22ClNO/c1-3-11(4-2)14(8-7-13)12(15)9-10-5-6-10/h10-11H,3-9H2,1-2H3. The lowest BCUT2D eigenvalue weighted by molar-refractivity contribution is -0.133. The molecule has 1 aliphatic rings. The van der Waals surface area contributed by atoms with E-state index in [1.54, 1.807) is 0 Å². The summed E-state index contributed by atoms with van der Waals surface area (Å²) >= 11 is 5.76. The second kappa shape index (κ2) is 6.37. The molecule has 0 atom stereocenters. The van der Waals surface area contributed by atoms with Gasteiger partial charge in [-0.25, -0.2) is 0 Å². The van der Waals surface area contributed by atoms with Crippen molar-refractivity contribution in [3.8, 4) is 0 Å². The van der Waals surface area contributed by atoms with Gasteiger partial charge >= 0.3 is 0 Å². The summed E-state index contributed by atoms with van der Waals surface area (Å²) in [6.07, 6.45) is 5.29. The molecule has 15 heavy (non-hydrogen) atoms. The van der Waals surface area contributed by atoms with Crippen LogP contribution in [0, 0.1) is 5.92 Å². The fourth-order valence-corrected chi connectivity index (χ4v) is 2.20. The summed E-state index contributed by atoms with van der Waals surface area (Å²) in [5, 5.41) is 0. The third-order valence-corrected chi connectivity index (χ3v) is 3.36. The average molecular weight is 232 g/mol. The van der Waals surface area contributed by atoms with Gasteiger partial charge in [0.1, 0.15) is 0 Å². The molecule has 88 valence electrons. The Hall–Kier alpha value is -0.240. The largest absolute Gasteiger partial charge is 0.339 e. The van der Waals surface area contributed by atoms with Gasteiger partial charge in [0, 0.05) is 24.9 Å². The van der Waals surface area contributed by atoms with Gasteiger partial charge in [0.15, 0.2) is 0 Å². The van der Waals surface area contributed by atoms with Crippen LogP contribution >= 0.6 is 11.6 Å². The van der Waals surface area contributed by atoms with E-state index in [-0.39, 0.29) is 0 Å². The van der Waals surface area contributed by atoms with E-state index >= 15 is 0 Å². The minimum Gasteiger partial charge on any atom is -0.339 e. The lowest BCUT2D eigenvalue weighted by Gasteiger charge is -2.30. The van der Waals surface area contributed by atoms with Crippen molar-refractivity contribution in [2.24, 2.45) is 5.92 Å². The molecule has 1 aliphatic carbocycles. The van der Waals surface area contributed by atoms with Gasteiger partial charge in [-0.2, -0.15) is 0 Å². The number of alkyl halides is 1. The van der Waals surface area contributed by atoms with E-state index in [2.05, 4.69) is 13.8 Å². The highest BCUT2D eigenvalue weighted by Crippen LogP contribution is 2.33. The molecule has 0 unspecified atom stereocenters. The highest BCUT2D eigenvalue weighted by atomic mass is 35.5. The van der Waals surface area contributed by atoms with E-state index in [0.717, 1.165) is 19.3 Å². The molecule has 1 fully saturated rings. The second-order valence-electron chi connectivity index (χ2n) is 4.39. The van der Waals surface area contributed by atoms with Crippen molar-refractivity contribution < 1.29 is 4.79 Å². The minimum atomic E-state index is 0.312. The molecule has 3 heteroatoms. The van der Waals surface area contributed by atoms with Crippen LogP contribution in [0.2, 0.25) is 0 Å². The second-order valence-corrected chi connectivity index (χ2v) is 4.77. The SMILES string of the molecule is CCC(CC)N(CCCl)C(=O)CC1CC1. The highest BCUT2D eigenvalue weighted by Gasteiger charge is 2.28. The molecular formula is C12H22ClNO. The first-order valence-corrected chi connectivity index (χ1v) is 6.61. The lowest BCUT2D eigenvalue weighted by Crippen LogP contribution is -2.41. The van der Waals surface area contributed by atoms with Crippen LogP contribution in [0.15, 0.2) is 0 Å². The molecule has 1 saturated carbocycles. The van der Waals surface area contributed by atoms with Crippen molar-refractivity contribution in [1.29, 1.82) is 0 Å². The summed E-state index contributed by atoms with van der Waals surface area (Å²) in [6.45, 7) is 4.99. The molecule has 0 aliphatic heterocycles. The molecule has 0 N–H and O–H groups in total. The van der Waals surface area contributed by atoms with E-state index in [0.29, 0.717) is 30.3 Å². The van der Waals surface area contributed by atoms with Gasteiger partial charge in [-0.3, -0.25) is 4.79 Å². The first kappa shape index (κ1) is 12.8. The zero-order chi connectivity index (χ0) is 11.3. The number of rotatable bonds is 7. The van der Waals surface area contributed by atoms with Crippen LogP contribution in [0.5, 0.6) is 0 Å². The Bertz CT molecular complexity index is 200. The van der Waals surface area contributed by atoms with E-state index in [4.69, 9.17) is 11.6 Å². The van der Waals surface area contributed by atoms with Gasteiger partial charge in [-0.1, -0.05) is 13.8 Å². The Morgan fingerprint density at radius 2 is 2.00 bits per heavy atom. The number of nitrogens with zero attached hydrogens (tertiary/aromatic N) is 1. The van der Waals surface area contributed by atoms with Gasteiger partial charge in [0.05, 0.1) is 0 Å². The van der Waals surface area contributed by atoms with Crippen LogP contribution in [0.3, 0.4) is 0 Å². The van der Waals surface area contributed by atoms with Crippen LogP contribution in [0.1, 0.15) is 46.0 Å². The summed E-state index contributed by atoms with van der Waals surface area (Å²) in [4.78, 5) is 14.0. The van der Waals surface area contributed by atoms with E-state index in [1.165, 1.54) is 12.8 Å². The van der Waals surface area contributed by atoms with Gasteiger partial charge < -0.3 is 4.90 Å². The topological polar surface area (TPSA) is 20.3 Å². The number of carbonyl (C=O) groups excluding carboxylic acids is 1. The molecular weight excluding hydrogens is 210 g/mol. The van der Waals surface area contributed by atoms with Crippen molar-refractivity contribution >= 4 is 17.5 Å². The van der Waals surface area contributed by atoms with Crippen molar-refractivity contribution in [3.63, 3.8) is 0 Å². The summed E-state index contributed by atoms with van der Waals surface area (Å²) < 4.78 is 0. The third-order valence-electron chi connectivity index (χ3n) is 3.19. The monoisotopic (exact) mass is 231 g/mol. The highest BCUT2D eigenvalue weighted by molar-refractivity contribution is 6.18. The average Bonchev–Trinajstić information content (AvgIpc) is 3.02. The van der Waals surface area contributed by atoms with E-state index in [9.17, 15) is 4.79 Å². The van der Waals surface area contributed by atoms with Crippen molar-refractivity contribution in [1.82, 2.24) is 4.90 Å². The zero-order valence-corrected chi connectivity index (χ0v) is 10.6. The van der Waals surface area contributed by atoms with Crippen molar-refractivity contribution in [2.75, 3.05) is 12.4 Å². The predicted molar refractivity (Wildman–Crippen MR) is 64.1 cm³/mol. The number of hydrogen-bond donors (Lipinski definition) is 0. The van der Waals surface area contributed by atoms with E-state index < -0.39 is 0 Å². The molecule has 0 aromatic carbocycles. The molecule has 1 amide bonds. The van der Waals surface area contributed by atoms with Gasteiger partial charge in [0.25, 0.3) is 0 Å². The Labute approximate surface area is 98.0 Å². The molecule has 0 spiro atoms. The molecule has 0 aromatic rings. The fraction of sp³-hybridized carbons (Fsp3) is 0.917. The normalized spacial score (nSPS) is 15.7. The van der Waals surface area contributed by atoms with Crippen LogP contribution in [-0.2, 0) is 4.79 Å². The maximum absolute atomic E-state index is 12.0.